The summed E-state index contributed by atoms with van der Waals surface area (Å²) < 4.78 is 5.68. The summed E-state index contributed by atoms with van der Waals surface area (Å²) in [5.74, 6) is 0.942. The molecule has 0 aromatic heterocycles. The fourth-order valence-corrected chi connectivity index (χ4v) is 5.39. The van der Waals surface area contributed by atoms with Crippen molar-refractivity contribution >= 4 is 11.4 Å². The van der Waals surface area contributed by atoms with E-state index in [2.05, 4.69) is 51.9 Å². The van der Waals surface area contributed by atoms with Gasteiger partial charge in [-0.25, -0.2) is 4.90 Å². The number of hydrogen-bond acceptors (Lipinski definition) is 8. The number of likely N-dealkylation sites (tertiary alicyclic amines) is 1. The van der Waals surface area contributed by atoms with Crippen molar-refractivity contribution in [3.63, 3.8) is 0 Å². The van der Waals surface area contributed by atoms with Gasteiger partial charge >= 0.3 is 0 Å². The van der Waals surface area contributed by atoms with Gasteiger partial charge in [-0.2, -0.15) is 0 Å². The van der Waals surface area contributed by atoms with Crippen LogP contribution in [-0.4, -0.2) is 69.5 Å². The van der Waals surface area contributed by atoms with Crippen molar-refractivity contribution < 1.29 is 4.74 Å². The number of para-hydroxylation sites is 1. The molecular weight excluding hydrogens is 414 g/mol. The Morgan fingerprint density at radius 1 is 1.03 bits per heavy atom. The van der Waals surface area contributed by atoms with E-state index in [1.807, 2.05) is 24.3 Å². The molecule has 6 N–H and O–H groups in total. The molecule has 2 unspecified atom stereocenters. The first kappa shape index (κ1) is 23.8. The molecule has 180 valence electrons. The van der Waals surface area contributed by atoms with Crippen LogP contribution in [0.5, 0.6) is 5.75 Å². The van der Waals surface area contributed by atoms with Crippen LogP contribution < -0.4 is 31.7 Å². The normalized spacial score (nSPS) is 22.3. The van der Waals surface area contributed by atoms with Crippen molar-refractivity contribution in [2.24, 2.45) is 17.2 Å². The summed E-state index contributed by atoms with van der Waals surface area (Å²) in [4.78, 5) is 9.15. The van der Waals surface area contributed by atoms with E-state index in [0.717, 1.165) is 49.5 Å². The van der Waals surface area contributed by atoms with Crippen LogP contribution in [0.2, 0.25) is 0 Å². The molecule has 1 saturated heterocycles. The molecule has 0 amide bonds. The monoisotopic (exact) mass is 453 g/mol. The number of piperidine rings is 1. The molecule has 2 aliphatic heterocycles. The number of benzene rings is 2. The molecule has 8 nitrogen and oxygen atoms in total. The van der Waals surface area contributed by atoms with Crippen molar-refractivity contribution in [3.8, 4) is 5.75 Å². The van der Waals surface area contributed by atoms with Crippen LogP contribution in [0.15, 0.2) is 42.5 Å². The smallest absolute Gasteiger partial charge is 0.136 e. The number of nitrogens with zero attached hydrogens (tertiary/aromatic N) is 4. The maximum Gasteiger partial charge on any atom is 0.136 e. The van der Waals surface area contributed by atoms with Crippen LogP contribution >= 0.6 is 0 Å². The molecule has 33 heavy (non-hydrogen) atoms. The fourth-order valence-electron chi connectivity index (χ4n) is 5.39. The van der Waals surface area contributed by atoms with E-state index < -0.39 is 0 Å². The second-order valence-corrected chi connectivity index (χ2v) is 9.21. The van der Waals surface area contributed by atoms with Crippen LogP contribution in [0, 0.1) is 0 Å². The molecule has 8 heteroatoms. The van der Waals surface area contributed by atoms with Crippen molar-refractivity contribution in [2.45, 2.75) is 37.9 Å². The molecule has 0 spiro atoms. The van der Waals surface area contributed by atoms with Gasteiger partial charge in [0.05, 0.1) is 13.3 Å². The van der Waals surface area contributed by atoms with E-state index in [1.54, 1.807) is 7.11 Å². The molecule has 2 aromatic carbocycles. The average molecular weight is 454 g/mol. The van der Waals surface area contributed by atoms with Crippen molar-refractivity contribution in [1.82, 2.24) is 9.80 Å². The standard InChI is InChI=1S/C25H39N7O/c1-29(2)21-9-6-10-23(33-3)20(21)17-30-14-11-18(12-15-30)32-24(27)19-7-4-5-8-22(19)31(16-13-26)25(32)28/h4-10,18,24-25H,11-17,26-28H2,1-3H3. The molecule has 0 bridgehead atoms. The predicted molar refractivity (Wildman–Crippen MR) is 135 cm³/mol. The Balaban J connectivity index is 1.48. The summed E-state index contributed by atoms with van der Waals surface area (Å²) in [5, 5.41) is 0. The molecule has 2 atom stereocenters. The van der Waals surface area contributed by atoms with Crippen molar-refractivity contribution in [3.05, 3.63) is 53.6 Å². The van der Waals surface area contributed by atoms with Crippen molar-refractivity contribution in [1.29, 1.82) is 0 Å². The van der Waals surface area contributed by atoms with E-state index in [0.29, 0.717) is 19.1 Å². The first-order valence-electron chi connectivity index (χ1n) is 11.9. The third-order valence-corrected chi connectivity index (χ3v) is 7.05. The maximum atomic E-state index is 6.78. The highest BCUT2D eigenvalue weighted by Gasteiger charge is 2.40. The zero-order valence-corrected chi connectivity index (χ0v) is 20.2. The van der Waals surface area contributed by atoms with E-state index >= 15 is 0 Å². The summed E-state index contributed by atoms with van der Waals surface area (Å²) in [6.07, 6.45) is 1.56. The molecule has 1 fully saturated rings. The van der Waals surface area contributed by atoms with Crippen LogP contribution in [0.25, 0.3) is 0 Å². The molecule has 2 heterocycles. The van der Waals surface area contributed by atoms with Gasteiger partial charge in [0.15, 0.2) is 0 Å². The minimum Gasteiger partial charge on any atom is -0.496 e. The summed E-state index contributed by atoms with van der Waals surface area (Å²) in [7, 11) is 5.90. The van der Waals surface area contributed by atoms with Gasteiger partial charge in [-0.15, -0.1) is 0 Å². The van der Waals surface area contributed by atoms with Gasteiger partial charge in [-0.1, -0.05) is 24.3 Å². The van der Waals surface area contributed by atoms with Gasteiger partial charge in [0.2, 0.25) is 0 Å². The molecule has 0 aliphatic carbocycles. The van der Waals surface area contributed by atoms with Gasteiger partial charge in [-0.05, 0) is 44.1 Å². The zero-order chi connectivity index (χ0) is 23.5. The highest BCUT2D eigenvalue weighted by Crippen LogP contribution is 2.38. The maximum absolute atomic E-state index is 6.78. The Bertz CT molecular complexity index is 929. The molecular formula is C25H39N7O. The molecule has 2 aromatic rings. The Morgan fingerprint density at radius 2 is 1.76 bits per heavy atom. The minimum absolute atomic E-state index is 0.212. The number of nitrogens with two attached hydrogens (primary N) is 3. The van der Waals surface area contributed by atoms with Gasteiger partial charge in [0.25, 0.3) is 0 Å². The summed E-state index contributed by atoms with van der Waals surface area (Å²) in [6, 6.07) is 14.9. The lowest BCUT2D eigenvalue weighted by Crippen LogP contribution is -2.65. The largest absolute Gasteiger partial charge is 0.496 e. The van der Waals surface area contributed by atoms with Gasteiger partial charge in [-0.3, -0.25) is 10.6 Å². The zero-order valence-electron chi connectivity index (χ0n) is 20.2. The number of fused-ring (bicyclic) bond motifs is 1. The average Bonchev–Trinajstić information content (AvgIpc) is 2.83. The number of methoxy groups -OCH3 is 1. The van der Waals surface area contributed by atoms with E-state index in [4.69, 9.17) is 21.9 Å². The number of rotatable bonds is 7. The third-order valence-electron chi connectivity index (χ3n) is 7.05. The summed E-state index contributed by atoms with van der Waals surface area (Å²) >= 11 is 0. The lowest BCUT2D eigenvalue weighted by atomic mass is 9.97. The predicted octanol–water partition coefficient (Wildman–Crippen LogP) is 1.71. The Hall–Kier alpha value is -2.36. The Morgan fingerprint density at radius 3 is 2.42 bits per heavy atom. The van der Waals surface area contributed by atoms with Gasteiger partial charge < -0.3 is 26.0 Å². The molecule has 0 radical (unpaired) electrons. The minimum atomic E-state index is -0.274. The van der Waals surface area contributed by atoms with E-state index in [-0.39, 0.29) is 12.5 Å². The Kier molecular flexibility index (Phi) is 7.41. The fraction of sp³-hybridized carbons (Fsp3) is 0.520. The van der Waals surface area contributed by atoms with Crippen LogP contribution in [-0.2, 0) is 6.54 Å². The lowest BCUT2D eigenvalue weighted by molar-refractivity contribution is 0.0287. The highest BCUT2D eigenvalue weighted by atomic mass is 16.5. The molecule has 0 saturated carbocycles. The van der Waals surface area contributed by atoms with E-state index in [9.17, 15) is 0 Å². The van der Waals surface area contributed by atoms with E-state index in [1.165, 1.54) is 11.3 Å². The first-order chi connectivity index (χ1) is 16.0. The lowest BCUT2D eigenvalue weighted by Gasteiger charge is -2.51. The molecule has 2 aliphatic rings. The van der Waals surface area contributed by atoms with Crippen molar-refractivity contribution in [2.75, 3.05) is 57.2 Å². The quantitative estimate of drug-likeness (QED) is 0.583. The van der Waals surface area contributed by atoms with Crippen LogP contribution in [0.4, 0.5) is 11.4 Å². The second kappa shape index (κ2) is 10.3. The second-order valence-electron chi connectivity index (χ2n) is 9.21. The SMILES string of the molecule is COc1cccc(N(C)C)c1CN1CCC(N2C(N)c3ccccc3N(CCN)C2N)CC1. The van der Waals surface area contributed by atoms with Crippen LogP contribution in [0.1, 0.15) is 30.1 Å². The highest BCUT2D eigenvalue weighted by molar-refractivity contribution is 5.59. The first-order valence-corrected chi connectivity index (χ1v) is 11.9. The van der Waals surface area contributed by atoms with Gasteiger partial charge in [0.1, 0.15) is 12.0 Å². The Labute approximate surface area is 197 Å². The summed E-state index contributed by atoms with van der Waals surface area (Å²) in [5.41, 5.74) is 24.1. The number of ether oxygens (including phenoxy) is 1. The molecule has 4 rings (SSSR count). The number of hydrogen-bond donors (Lipinski definition) is 3. The topological polar surface area (TPSA) is 100 Å². The number of anilines is 2. The summed E-state index contributed by atoms with van der Waals surface area (Å²) in [6.45, 7) is 4.11. The van der Waals surface area contributed by atoms with Gasteiger partial charge in [0, 0.05) is 62.3 Å². The third kappa shape index (κ3) is 4.67. The van der Waals surface area contributed by atoms with Crippen LogP contribution in [0.3, 0.4) is 0 Å².